The molecule has 2 rings (SSSR count). The fourth-order valence-electron chi connectivity index (χ4n) is 2.24. The molecule has 0 aliphatic carbocycles. The lowest BCUT2D eigenvalue weighted by Gasteiger charge is -2.35. The Morgan fingerprint density at radius 3 is 2.88 bits per heavy atom. The van der Waals surface area contributed by atoms with Crippen LogP contribution in [0.5, 0.6) is 0 Å². The molecule has 96 valence electrons. The first-order valence-electron chi connectivity index (χ1n) is 5.77. The zero-order valence-electron chi connectivity index (χ0n) is 9.74. The number of aliphatic hydroxyl groups is 1. The van der Waals surface area contributed by atoms with Crippen molar-refractivity contribution < 1.29 is 13.5 Å². The number of aliphatic hydroxyl groups excluding tert-OH is 1. The van der Waals surface area contributed by atoms with Crippen LogP contribution in [0.15, 0.2) is 21.7 Å². The van der Waals surface area contributed by atoms with Crippen LogP contribution < -0.4 is 0 Å². The third-order valence-corrected chi connectivity index (χ3v) is 6.41. The second-order valence-electron chi connectivity index (χ2n) is 4.35. The molecule has 1 saturated heterocycles. The van der Waals surface area contributed by atoms with Crippen molar-refractivity contribution in [3.05, 3.63) is 17.5 Å². The molecule has 1 fully saturated rings. The summed E-state index contributed by atoms with van der Waals surface area (Å²) in [6.45, 7) is 2.17. The number of hydrogen-bond acceptors (Lipinski definition) is 4. The van der Waals surface area contributed by atoms with Gasteiger partial charge in [0.2, 0.25) is 0 Å². The molecule has 1 aromatic heterocycles. The van der Waals surface area contributed by atoms with Gasteiger partial charge in [-0.1, -0.05) is 12.5 Å². The van der Waals surface area contributed by atoms with Crippen LogP contribution >= 0.6 is 11.3 Å². The summed E-state index contributed by atoms with van der Waals surface area (Å²) in [5, 5.41) is 11.5. The highest BCUT2D eigenvalue weighted by atomic mass is 32.2. The zero-order chi connectivity index (χ0) is 12.5. The van der Waals surface area contributed by atoms with Crippen molar-refractivity contribution in [1.82, 2.24) is 4.31 Å². The van der Waals surface area contributed by atoms with Crippen LogP contribution in [0, 0.1) is 0 Å². The van der Waals surface area contributed by atoms with E-state index in [9.17, 15) is 13.5 Å². The third kappa shape index (κ3) is 2.54. The van der Waals surface area contributed by atoms with Crippen molar-refractivity contribution in [1.29, 1.82) is 0 Å². The largest absolute Gasteiger partial charge is 0.392 e. The fourth-order valence-corrected chi connectivity index (χ4v) is 5.11. The Balaban J connectivity index is 2.31. The second kappa shape index (κ2) is 5.06. The predicted molar refractivity (Wildman–Crippen MR) is 67.5 cm³/mol. The van der Waals surface area contributed by atoms with E-state index in [0.29, 0.717) is 10.8 Å². The van der Waals surface area contributed by atoms with E-state index in [1.54, 1.807) is 24.4 Å². The summed E-state index contributed by atoms with van der Waals surface area (Å²) in [7, 11) is -3.42. The van der Waals surface area contributed by atoms with Gasteiger partial charge in [0.15, 0.2) is 0 Å². The minimum atomic E-state index is -3.42. The van der Waals surface area contributed by atoms with E-state index in [-0.39, 0.29) is 6.04 Å². The van der Waals surface area contributed by atoms with E-state index in [0.717, 1.165) is 19.3 Å². The minimum absolute atomic E-state index is 0.282. The SMILES string of the molecule is CC(O)C1CCCCN1S(=O)(=O)c1cccs1. The van der Waals surface area contributed by atoms with Gasteiger partial charge in [-0.25, -0.2) is 8.42 Å². The summed E-state index contributed by atoms with van der Waals surface area (Å²) < 4.78 is 26.6. The van der Waals surface area contributed by atoms with Gasteiger partial charge in [-0.05, 0) is 31.2 Å². The van der Waals surface area contributed by atoms with Crippen molar-refractivity contribution in [2.45, 2.75) is 42.5 Å². The summed E-state index contributed by atoms with van der Waals surface area (Å²) in [5.74, 6) is 0. The third-order valence-electron chi connectivity index (χ3n) is 3.11. The molecule has 4 nitrogen and oxygen atoms in total. The Morgan fingerprint density at radius 2 is 2.29 bits per heavy atom. The summed E-state index contributed by atoms with van der Waals surface area (Å²) >= 11 is 1.23. The average Bonchev–Trinajstić information content (AvgIpc) is 2.83. The topological polar surface area (TPSA) is 57.6 Å². The lowest BCUT2D eigenvalue weighted by molar-refractivity contribution is 0.0832. The minimum Gasteiger partial charge on any atom is -0.392 e. The van der Waals surface area contributed by atoms with E-state index in [1.807, 2.05) is 0 Å². The van der Waals surface area contributed by atoms with Gasteiger partial charge in [-0.2, -0.15) is 4.31 Å². The molecule has 2 heterocycles. The number of thiophene rings is 1. The summed E-state index contributed by atoms with van der Waals surface area (Å²) in [4.78, 5) is 0. The quantitative estimate of drug-likeness (QED) is 0.913. The molecule has 1 N–H and O–H groups in total. The Labute approximate surface area is 106 Å². The number of sulfonamides is 1. The maximum atomic E-state index is 12.4. The first-order chi connectivity index (χ1) is 8.03. The van der Waals surface area contributed by atoms with Gasteiger partial charge in [-0.3, -0.25) is 0 Å². The Kier molecular flexibility index (Phi) is 3.87. The van der Waals surface area contributed by atoms with E-state index in [2.05, 4.69) is 0 Å². The summed E-state index contributed by atoms with van der Waals surface area (Å²) in [6, 6.07) is 3.07. The number of piperidine rings is 1. The molecule has 0 amide bonds. The smallest absolute Gasteiger partial charge is 0.252 e. The first-order valence-corrected chi connectivity index (χ1v) is 8.09. The lowest BCUT2D eigenvalue weighted by Crippen LogP contribution is -2.48. The van der Waals surface area contributed by atoms with Crippen LogP contribution in [0.25, 0.3) is 0 Å². The number of nitrogens with zero attached hydrogens (tertiary/aromatic N) is 1. The predicted octanol–water partition coefficient (Wildman–Crippen LogP) is 1.67. The Hall–Kier alpha value is -0.430. The lowest BCUT2D eigenvalue weighted by atomic mass is 10.0. The molecule has 0 radical (unpaired) electrons. The Bertz CT molecular complexity index is 453. The maximum Gasteiger partial charge on any atom is 0.252 e. The molecule has 2 unspecified atom stereocenters. The van der Waals surface area contributed by atoms with Gasteiger partial charge < -0.3 is 5.11 Å². The zero-order valence-corrected chi connectivity index (χ0v) is 11.4. The van der Waals surface area contributed by atoms with Crippen LogP contribution in [0.1, 0.15) is 26.2 Å². The van der Waals surface area contributed by atoms with E-state index < -0.39 is 16.1 Å². The van der Waals surface area contributed by atoms with Gasteiger partial charge in [-0.15, -0.1) is 11.3 Å². The number of hydrogen-bond donors (Lipinski definition) is 1. The van der Waals surface area contributed by atoms with Gasteiger partial charge in [0.1, 0.15) is 4.21 Å². The monoisotopic (exact) mass is 275 g/mol. The molecular weight excluding hydrogens is 258 g/mol. The standard InChI is InChI=1S/C11H17NO3S2/c1-9(13)10-5-2-3-7-12(10)17(14,15)11-6-4-8-16-11/h4,6,8-10,13H,2-3,5,7H2,1H3. The summed E-state index contributed by atoms with van der Waals surface area (Å²) in [6.07, 6.45) is 1.97. The van der Waals surface area contributed by atoms with Gasteiger partial charge in [0.25, 0.3) is 10.0 Å². The molecule has 1 aliphatic rings. The molecule has 0 bridgehead atoms. The maximum absolute atomic E-state index is 12.4. The molecule has 1 aliphatic heterocycles. The van der Waals surface area contributed by atoms with Crippen molar-refractivity contribution in [2.24, 2.45) is 0 Å². The van der Waals surface area contributed by atoms with E-state index in [1.165, 1.54) is 15.6 Å². The van der Waals surface area contributed by atoms with Crippen molar-refractivity contribution in [2.75, 3.05) is 6.54 Å². The molecule has 2 atom stereocenters. The van der Waals surface area contributed by atoms with Crippen LogP contribution in [-0.4, -0.2) is 36.5 Å². The van der Waals surface area contributed by atoms with Crippen LogP contribution in [0.2, 0.25) is 0 Å². The first kappa shape index (κ1) is 13.0. The molecule has 17 heavy (non-hydrogen) atoms. The highest BCUT2D eigenvalue weighted by Gasteiger charge is 2.36. The molecule has 0 aromatic carbocycles. The molecule has 1 aromatic rings. The van der Waals surface area contributed by atoms with Gasteiger partial charge in [0.05, 0.1) is 12.1 Å². The fraction of sp³-hybridized carbons (Fsp3) is 0.636. The molecular formula is C11H17NO3S2. The van der Waals surface area contributed by atoms with Crippen LogP contribution in [0.3, 0.4) is 0 Å². The van der Waals surface area contributed by atoms with Gasteiger partial charge in [0, 0.05) is 6.54 Å². The summed E-state index contributed by atoms with van der Waals surface area (Å²) in [5.41, 5.74) is 0. The second-order valence-corrected chi connectivity index (χ2v) is 7.42. The molecule has 0 saturated carbocycles. The van der Waals surface area contributed by atoms with Gasteiger partial charge >= 0.3 is 0 Å². The van der Waals surface area contributed by atoms with Crippen molar-refractivity contribution in [3.63, 3.8) is 0 Å². The van der Waals surface area contributed by atoms with Crippen molar-refractivity contribution in [3.8, 4) is 0 Å². The van der Waals surface area contributed by atoms with Crippen LogP contribution in [-0.2, 0) is 10.0 Å². The van der Waals surface area contributed by atoms with E-state index in [4.69, 9.17) is 0 Å². The molecule has 0 spiro atoms. The average molecular weight is 275 g/mol. The normalized spacial score (nSPS) is 24.7. The number of rotatable bonds is 3. The van der Waals surface area contributed by atoms with E-state index >= 15 is 0 Å². The highest BCUT2D eigenvalue weighted by molar-refractivity contribution is 7.91. The Morgan fingerprint density at radius 1 is 1.53 bits per heavy atom. The van der Waals surface area contributed by atoms with Crippen LogP contribution in [0.4, 0.5) is 0 Å². The highest BCUT2D eigenvalue weighted by Crippen LogP contribution is 2.29. The molecule has 6 heteroatoms. The van der Waals surface area contributed by atoms with Crippen molar-refractivity contribution >= 4 is 21.4 Å².